The molecule has 0 spiro atoms. The minimum Gasteiger partial charge on any atom is -0.485 e. The molecule has 1 N–H and O–H groups in total. The van der Waals surface area contributed by atoms with E-state index in [2.05, 4.69) is 9.97 Å². The topological polar surface area (TPSA) is 75.5 Å². The van der Waals surface area contributed by atoms with Crippen LogP contribution >= 0.6 is 0 Å². The van der Waals surface area contributed by atoms with Crippen LogP contribution in [0.1, 0.15) is 23.8 Å². The quantitative estimate of drug-likeness (QED) is 0.926. The van der Waals surface area contributed by atoms with E-state index in [0.717, 1.165) is 0 Å². The van der Waals surface area contributed by atoms with Gasteiger partial charge < -0.3 is 14.7 Å². The predicted molar refractivity (Wildman–Crippen MR) is 84.0 cm³/mol. The van der Waals surface area contributed by atoms with Crippen LogP contribution in [-0.2, 0) is 0 Å². The van der Waals surface area contributed by atoms with Crippen LogP contribution in [0.25, 0.3) is 0 Å². The van der Waals surface area contributed by atoms with Crippen molar-refractivity contribution in [3.8, 4) is 5.75 Å². The van der Waals surface area contributed by atoms with E-state index in [1.807, 2.05) is 0 Å². The van der Waals surface area contributed by atoms with Crippen LogP contribution in [0.5, 0.6) is 5.75 Å². The normalized spacial score (nSPS) is 23.8. The molecular weight excluding hydrogens is 313 g/mol. The molecule has 1 amide bonds. The van der Waals surface area contributed by atoms with E-state index in [9.17, 15) is 14.3 Å². The first-order chi connectivity index (χ1) is 11.5. The summed E-state index contributed by atoms with van der Waals surface area (Å²) in [5.74, 6) is -0.353. The fourth-order valence-electron chi connectivity index (χ4n) is 2.64. The number of nitrogens with zero attached hydrogens (tertiary/aromatic N) is 3. The van der Waals surface area contributed by atoms with Crippen LogP contribution in [0.15, 0.2) is 42.9 Å². The maximum absolute atomic E-state index is 13.3. The molecule has 3 rings (SSSR count). The molecule has 0 radical (unpaired) electrons. The summed E-state index contributed by atoms with van der Waals surface area (Å²) in [6, 6.07) is 7.26. The zero-order chi connectivity index (χ0) is 17.2. The van der Waals surface area contributed by atoms with Crippen LogP contribution < -0.4 is 4.74 Å². The first-order valence-electron chi connectivity index (χ1n) is 7.65. The Labute approximate surface area is 138 Å². The summed E-state index contributed by atoms with van der Waals surface area (Å²) in [5.41, 5.74) is -0.828. The number of ether oxygens (including phenoxy) is 1. The fraction of sp³-hybridized carbons (Fsp3) is 0.353. The summed E-state index contributed by atoms with van der Waals surface area (Å²) in [6.45, 7) is 2.23. The number of hydrogen-bond donors (Lipinski definition) is 1. The highest BCUT2D eigenvalue weighted by atomic mass is 19.1. The lowest BCUT2D eigenvalue weighted by Gasteiger charge is -2.42. The second kappa shape index (κ2) is 6.52. The van der Waals surface area contributed by atoms with Crippen molar-refractivity contribution in [3.63, 3.8) is 0 Å². The van der Waals surface area contributed by atoms with Crippen LogP contribution in [0.4, 0.5) is 4.39 Å². The molecule has 1 saturated heterocycles. The number of carbonyl (C=O) groups excluding carboxylic acids is 1. The molecule has 0 aliphatic carbocycles. The number of benzene rings is 1. The van der Waals surface area contributed by atoms with E-state index < -0.39 is 17.5 Å². The van der Waals surface area contributed by atoms with Crippen LogP contribution in [0.2, 0.25) is 0 Å². The van der Waals surface area contributed by atoms with Crippen molar-refractivity contribution in [1.82, 2.24) is 14.9 Å². The predicted octanol–water partition coefficient (Wildman–Crippen LogP) is 1.66. The maximum Gasteiger partial charge on any atom is 0.272 e. The Balaban J connectivity index is 1.76. The van der Waals surface area contributed by atoms with Crippen molar-refractivity contribution in [3.05, 3.63) is 54.4 Å². The van der Waals surface area contributed by atoms with Crippen LogP contribution in [0, 0.1) is 5.82 Å². The van der Waals surface area contributed by atoms with Gasteiger partial charge in [-0.15, -0.1) is 0 Å². The summed E-state index contributed by atoms with van der Waals surface area (Å²) >= 11 is 0. The van der Waals surface area contributed by atoms with E-state index in [1.165, 1.54) is 36.8 Å². The number of aliphatic hydroxyl groups is 1. The smallest absolute Gasteiger partial charge is 0.272 e. The summed E-state index contributed by atoms with van der Waals surface area (Å²) in [4.78, 5) is 21.8. The first kappa shape index (κ1) is 16.3. The molecule has 24 heavy (non-hydrogen) atoms. The second-order valence-electron chi connectivity index (χ2n) is 6.02. The molecule has 6 nitrogen and oxygen atoms in total. The summed E-state index contributed by atoms with van der Waals surface area (Å²) in [5, 5.41) is 10.6. The lowest BCUT2D eigenvalue weighted by molar-refractivity contribution is -0.0882. The van der Waals surface area contributed by atoms with Crippen molar-refractivity contribution in [2.45, 2.75) is 25.0 Å². The van der Waals surface area contributed by atoms with Gasteiger partial charge in [0, 0.05) is 18.8 Å². The molecular formula is C17H18FN3O3. The Kier molecular flexibility index (Phi) is 4.44. The monoisotopic (exact) mass is 331 g/mol. The Morgan fingerprint density at radius 1 is 1.46 bits per heavy atom. The van der Waals surface area contributed by atoms with Crippen molar-refractivity contribution < 1.29 is 19.0 Å². The third kappa shape index (κ3) is 3.51. The number of amides is 1. The van der Waals surface area contributed by atoms with E-state index in [4.69, 9.17) is 4.74 Å². The van der Waals surface area contributed by atoms with Gasteiger partial charge in [0.2, 0.25) is 0 Å². The van der Waals surface area contributed by atoms with Gasteiger partial charge in [-0.05, 0) is 31.5 Å². The van der Waals surface area contributed by atoms with Gasteiger partial charge in [-0.25, -0.2) is 14.4 Å². The van der Waals surface area contributed by atoms with Gasteiger partial charge in [0.25, 0.3) is 5.91 Å². The lowest BCUT2D eigenvalue weighted by atomic mass is 9.90. The standard InChI is InChI=1S/C17H18FN3O3/c1-17(23)6-8-21(16(22)14-5-7-19-11-20-14)10-15(17)24-13-4-2-3-12(18)9-13/h2-5,7,9,11,15,23H,6,8,10H2,1H3/t15-,17-/m1/s1. The number of halogens is 1. The number of piperidine rings is 1. The van der Waals surface area contributed by atoms with Gasteiger partial charge in [-0.2, -0.15) is 0 Å². The zero-order valence-corrected chi connectivity index (χ0v) is 13.2. The van der Waals surface area contributed by atoms with Crippen molar-refractivity contribution >= 4 is 5.91 Å². The maximum atomic E-state index is 13.3. The molecule has 126 valence electrons. The Morgan fingerprint density at radius 2 is 2.29 bits per heavy atom. The number of carbonyl (C=O) groups is 1. The Hall–Kier alpha value is -2.54. The molecule has 7 heteroatoms. The molecule has 0 saturated carbocycles. The van der Waals surface area contributed by atoms with Gasteiger partial charge in [0.1, 0.15) is 35.3 Å². The highest BCUT2D eigenvalue weighted by Gasteiger charge is 2.41. The van der Waals surface area contributed by atoms with Crippen molar-refractivity contribution in [2.24, 2.45) is 0 Å². The highest BCUT2D eigenvalue weighted by Crippen LogP contribution is 2.27. The minimum atomic E-state index is -1.12. The number of aromatic nitrogens is 2. The second-order valence-corrected chi connectivity index (χ2v) is 6.02. The van der Waals surface area contributed by atoms with E-state index in [1.54, 1.807) is 17.9 Å². The first-order valence-corrected chi connectivity index (χ1v) is 7.65. The SMILES string of the molecule is C[C@@]1(O)CCN(C(=O)c2ccncn2)C[C@H]1Oc1cccc(F)c1. The van der Waals surface area contributed by atoms with Gasteiger partial charge in [-0.3, -0.25) is 4.79 Å². The number of hydrogen-bond acceptors (Lipinski definition) is 5. The average Bonchev–Trinajstić information content (AvgIpc) is 2.57. The fourth-order valence-corrected chi connectivity index (χ4v) is 2.64. The molecule has 1 aliphatic heterocycles. The van der Waals surface area contributed by atoms with Crippen LogP contribution in [-0.4, -0.2) is 50.7 Å². The average molecular weight is 331 g/mol. The Bertz CT molecular complexity index is 724. The van der Waals surface area contributed by atoms with Gasteiger partial charge in [0.05, 0.1) is 6.54 Å². The van der Waals surface area contributed by atoms with E-state index in [-0.39, 0.29) is 18.1 Å². The van der Waals surface area contributed by atoms with Gasteiger partial charge in [-0.1, -0.05) is 6.07 Å². The molecule has 1 fully saturated rings. The summed E-state index contributed by atoms with van der Waals surface area (Å²) in [7, 11) is 0. The lowest BCUT2D eigenvalue weighted by Crippen LogP contribution is -2.57. The molecule has 2 heterocycles. The summed E-state index contributed by atoms with van der Waals surface area (Å²) in [6.07, 6.45) is 2.50. The largest absolute Gasteiger partial charge is 0.485 e. The van der Waals surface area contributed by atoms with E-state index >= 15 is 0 Å². The molecule has 1 aliphatic rings. The molecule has 0 bridgehead atoms. The molecule has 1 aromatic carbocycles. The third-order valence-corrected chi connectivity index (χ3v) is 4.13. The molecule has 2 aromatic rings. The highest BCUT2D eigenvalue weighted by molar-refractivity contribution is 5.92. The Morgan fingerprint density at radius 3 is 3.00 bits per heavy atom. The van der Waals surface area contributed by atoms with Gasteiger partial charge in [0.15, 0.2) is 0 Å². The molecule has 0 unspecified atom stereocenters. The number of rotatable bonds is 3. The molecule has 2 atom stereocenters. The van der Waals surface area contributed by atoms with Gasteiger partial charge >= 0.3 is 0 Å². The van der Waals surface area contributed by atoms with E-state index in [0.29, 0.717) is 18.7 Å². The van der Waals surface area contributed by atoms with Crippen molar-refractivity contribution in [2.75, 3.05) is 13.1 Å². The minimum absolute atomic E-state index is 0.187. The summed E-state index contributed by atoms with van der Waals surface area (Å²) < 4.78 is 19.1. The third-order valence-electron chi connectivity index (χ3n) is 4.13. The number of likely N-dealkylation sites (tertiary alicyclic amines) is 1. The van der Waals surface area contributed by atoms with Crippen LogP contribution in [0.3, 0.4) is 0 Å². The zero-order valence-electron chi connectivity index (χ0n) is 13.2. The van der Waals surface area contributed by atoms with Crippen molar-refractivity contribution in [1.29, 1.82) is 0 Å². The molecule has 1 aromatic heterocycles.